The number of anilines is 1. The second-order valence-corrected chi connectivity index (χ2v) is 5.40. The quantitative estimate of drug-likeness (QED) is 0.571. The molecule has 0 saturated heterocycles. The number of nitrogen functional groups attached to an aromatic ring is 1. The number of hydrogen-bond acceptors (Lipinski definition) is 5. The molecule has 118 valence electrons. The standard InChI is InChI=1S/C17H18N4O2/c1-11(2)23-13-7-5-6-12(10-13)21-16(22)14-8-3-4-9-15(14)19-17(21)20-18/h3-11H,18H2,1-2H3,(H,19,20). The third-order valence-electron chi connectivity index (χ3n) is 3.35. The fraction of sp³-hybridized carbons (Fsp3) is 0.176. The normalized spacial score (nSPS) is 11.0. The number of hydrogen-bond donors (Lipinski definition) is 2. The summed E-state index contributed by atoms with van der Waals surface area (Å²) in [4.78, 5) is 17.2. The summed E-state index contributed by atoms with van der Waals surface area (Å²) in [7, 11) is 0. The lowest BCUT2D eigenvalue weighted by atomic mass is 10.2. The molecule has 0 bridgehead atoms. The number of aromatic nitrogens is 2. The van der Waals surface area contributed by atoms with Crippen LogP contribution in [0.1, 0.15) is 13.8 Å². The minimum Gasteiger partial charge on any atom is -0.491 e. The molecule has 3 aromatic rings. The van der Waals surface area contributed by atoms with Crippen molar-refractivity contribution >= 4 is 16.9 Å². The molecule has 3 rings (SSSR count). The summed E-state index contributed by atoms with van der Waals surface area (Å²) in [6.07, 6.45) is 0.0452. The van der Waals surface area contributed by atoms with E-state index in [-0.39, 0.29) is 17.6 Å². The maximum atomic E-state index is 12.8. The molecule has 23 heavy (non-hydrogen) atoms. The molecule has 0 spiro atoms. The summed E-state index contributed by atoms with van der Waals surface area (Å²) < 4.78 is 7.13. The molecule has 0 amide bonds. The SMILES string of the molecule is CC(C)Oc1cccc(-n2c(NN)nc3ccccc3c2=O)c1. The molecule has 6 nitrogen and oxygen atoms in total. The molecule has 0 atom stereocenters. The summed E-state index contributed by atoms with van der Waals surface area (Å²) in [5.74, 6) is 6.52. The van der Waals surface area contributed by atoms with Crippen LogP contribution in [0.2, 0.25) is 0 Å². The van der Waals surface area contributed by atoms with Gasteiger partial charge in [0.2, 0.25) is 5.95 Å². The zero-order valence-corrected chi connectivity index (χ0v) is 13.0. The number of fused-ring (bicyclic) bond motifs is 1. The second kappa shape index (κ2) is 6.10. The van der Waals surface area contributed by atoms with Crippen LogP contribution in [0, 0.1) is 0 Å². The van der Waals surface area contributed by atoms with E-state index < -0.39 is 0 Å². The Morgan fingerprint density at radius 3 is 2.70 bits per heavy atom. The van der Waals surface area contributed by atoms with Crippen molar-refractivity contribution in [1.82, 2.24) is 9.55 Å². The topological polar surface area (TPSA) is 82.2 Å². The Hall–Kier alpha value is -2.86. The maximum absolute atomic E-state index is 12.8. The first-order valence-electron chi connectivity index (χ1n) is 7.35. The first-order chi connectivity index (χ1) is 11.1. The van der Waals surface area contributed by atoms with Gasteiger partial charge in [-0.1, -0.05) is 18.2 Å². The molecule has 2 aromatic carbocycles. The number of nitrogens with zero attached hydrogens (tertiary/aromatic N) is 2. The van der Waals surface area contributed by atoms with Crippen molar-refractivity contribution in [2.75, 3.05) is 5.43 Å². The Balaban J connectivity index is 2.23. The van der Waals surface area contributed by atoms with Crippen LogP contribution in [-0.4, -0.2) is 15.7 Å². The molecule has 0 saturated carbocycles. The van der Waals surface area contributed by atoms with E-state index in [9.17, 15) is 4.79 Å². The van der Waals surface area contributed by atoms with Gasteiger partial charge in [0.15, 0.2) is 0 Å². The number of rotatable bonds is 4. The van der Waals surface area contributed by atoms with Crippen molar-refractivity contribution < 1.29 is 4.74 Å². The number of nitrogens with one attached hydrogen (secondary N) is 1. The summed E-state index contributed by atoms with van der Waals surface area (Å²) in [5.41, 5.74) is 3.54. The summed E-state index contributed by atoms with van der Waals surface area (Å²) in [6, 6.07) is 14.4. The first kappa shape index (κ1) is 15.1. The minimum atomic E-state index is -0.190. The van der Waals surface area contributed by atoms with Crippen molar-refractivity contribution in [3.05, 3.63) is 58.9 Å². The molecule has 0 aliphatic heterocycles. The fourth-order valence-corrected chi connectivity index (χ4v) is 2.44. The van der Waals surface area contributed by atoms with E-state index in [1.807, 2.05) is 44.2 Å². The van der Waals surface area contributed by atoms with Crippen LogP contribution in [0.25, 0.3) is 16.6 Å². The Morgan fingerprint density at radius 1 is 1.17 bits per heavy atom. The maximum Gasteiger partial charge on any atom is 0.267 e. The third kappa shape index (κ3) is 2.89. The molecular weight excluding hydrogens is 292 g/mol. The first-order valence-corrected chi connectivity index (χ1v) is 7.35. The largest absolute Gasteiger partial charge is 0.491 e. The van der Waals surface area contributed by atoms with Crippen LogP contribution < -0.4 is 21.6 Å². The zero-order chi connectivity index (χ0) is 16.4. The van der Waals surface area contributed by atoms with Crippen molar-refractivity contribution in [2.24, 2.45) is 5.84 Å². The van der Waals surface area contributed by atoms with Gasteiger partial charge in [-0.25, -0.2) is 15.4 Å². The smallest absolute Gasteiger partial charge is 0.267 e. The Bertz CT molecular complexity index is 902. The summed E-state index contributed by atoms with van der Waals surface area (Å²) >= 11 is 0. The van der Waals surface area contributed by atoms with E-state index in [2.05, 4.69) is 10.4 Å². The number of hydrazine groups is 1. The Labute approximate surface area is 133 Å². The van der Waals surface area contributed by atoms with Gasteiger partial charge >= 0.3 is 0 Å². The third-order valence-corrected chi connectivity index (χ3v) is 3.35. The van der Waals surface area contributed by atoms with E-state index in [1.54, 1.807) is 18.2 Å². The van der Waals surface area contributed by atoms with Crippen LogP contribution in [0.5, 0.6) is 5.75 Å². The van der Waals surface area contributed by atoms with Gasteiger partial charge in [0.1, 0.15) is 5.75 Å². The average molecular weight is 310 g/mol. The van der Waals surface area contributed by atoms with Crippen LogP contribution in [0.15, 0.2) is 53.3 Å². The number of nitrogens with two attached hydrogens (primary N) is 1. The predicted molar refractivity (Wildman–Crippen MR) is 90.9 cm³/mol. The van der Waals surface area contributed by atoms with E-state index in [0.717, 1.165) is 0 Å². The molecule has 0 radical (unpaired) electrons. The highest BCUT2D eigenvalue weighted by molar-refractivity contribution is 5.79. The second-order valence-electron chi connectivity index (χ2n) is 5.40. The Kier molecular flexibility index (Phi) is 3.99. The van der Waals surface area contributed by atoms with Crippen molar-refractivity contribution in [3.8, 4) is 11.4 Å². The monoisotopic (exact) mass is 310 g/mol. The molecule has 0 fully saturated rings. The molecule has 3 N–H and O–H groups in total. The van der Waals surface area contributed by atoms with Crippen LogP contribution in [0.3, 0.4) is 0 Å². The number of para-hydroxylation sites is 1. The lowest BCUT2D eigenvalue weighted by Crippen LogP contribution is -2.26. The van der Waals surface area contributed by atoms with Gasteiger partial charge in [0.25, 0.3) is 5.56 Å². The lowest BCUT2D eigenvalue weighted by molar-refractivity contribution is 0.242. The highest BCUT2D eigenvalue weighted by Gasteiger charge is 2.12. The van der Waals surface area contributed by atoms with Crippen LogP contribution in [0.4, 0.5) is 5.95 Å². The lowest BCUT2D eigenvalue weighted by Gasteiger charge is -2.15. The molecular formula is C17H18N4O2. The van der Waals surface area contributed by atoms with Crippen molar-refractivity contribution in [2.45, 2.75) is 20.0 Å². The number of benzene rings is 2. The van der Waals surface area contributed by atoms with Gasteiger partial charge in [-0.2, -0.15) is 0 Å². The molecule has 0 unspecified atom stereocenters. The van der Waals surface area contributed by atoms with E-state index >= 15 is 0 Å². The summed E-state index contributed by atoms with van der Waals surface area (Å²) in [6.45, 7) is 3.90. The van der Waals surface area contributed by atoms with E-state index in [0.29, 0.717) is 22.3 Å². The molecule has 6 heteroatoms. The van der Waals surface area contributed by atoms with Crippen LogP contribution >= 0.6 is 0 Å². The predicted octanol–water partition coefficient (Wildman–Crippen LogP) is 2.46. The van der Waals surface area contributed by atoms with Gasteiger partial charge in [-0.3, -0.25) is 10.2 Å². The molecule has 1 aromatic heterocycles. The zero-order valence-electron chi connectivity index (χ0n) is 13.0. The molecule has 1 heterocycles. The molecule has 0 aliphatic rings. The molecule has 0 aliphatic carbocycles. The summed E-state index contributed by atoms with van der Waals surface area (Å²) in [5, 5.41) is 0.529. The van der Waals surface area contributed by atoms with Gasteiger partial charge in [0.05, 0.1) is 22.7 Å². The van der Waals surface area contributed by atoms with E-state index in [1.165, 1.54) is 4.57 Å². The van der Waals surface area contributed by atoms with Crippen molar-refractivity contribution in [1.29, 1.82) is 0 Å². The Morgan fingerprint density at radius 2 is 1.96 bits per heavy atom. The van der Waals surface area contributed by atoms with Crippen LogP contribution in [-0.2, 0) is 0 Å². The van der Waals surface area contributed by atoms with Crippen molar-refractivity contribution in [3.63, 3.8) is 0 Å². The van der Waals surface area contributed by atoms with Gasteiger partial charge in [-0.15, -0.1) is 0 Å². The van der Waals surface area contributed by atoms with Gasteiger partial charge in [-0.05, 0) is 38.1 Å². The number of ether oxygens (including phenoxy) is 1. The van der Waals surface area contributed by atoms with Gasteiger partial charge < -0.3 is 4.74 Å². The van der Waals surface area contributed by atoms with E-state index in [4.69, 9.17) is 10.6 Å². The highest BCUT2D eigenvalue weighted by atomic mass is 16.5. The van der Waals surface area contributed by atoms with Gasteiger partial charge in [0, 0.05) is 6.07 Å². The highest BCUT2D eigenvalue weighted by Crippen LogP contribution is 2.20. The minimum absolute atomic E-state index is 0.0452. The fourth-order valence-electron chi connectivity index (χ4n) is 2.44. The average Bonchev–Trinajstić information content (AvgIpc) is 2.54.